The molecule has 2 nitrogen and oxygen atoms in total. The molecule has 3 heteroatoms. The molecule has 0 aliphatic carbocycles. The first-order valence-corrected chi connectivity index (χ1v) is 5.50. The summed E-state index contributed by atoms with van der Waals surface area (Å²) in [5, 5.41) is 4.16. The zero-order valence-electron chi connectivity index (χ0n) is 9.42. The van der Waals surface area contributed by atoms with Crippen molar-refractivity contribution < 1.29 is 0 Å². The van der Waals surface area contributed by atoms with Crippen LogP contribution in [-0.4, -0.2) is 15.7 Å². The number of aromatic nitrogens is 2. The molecule has 0 bridgehead atoms. The monoisotopic (exact) mass is 214 g/mol. The van der Waals surface area contributed by atoms with Gasteiger partial charge in [0.25, 0.3) is 0 Å². The van der Waals surface area contributed by atoms with Crippen molar-refractivity contribution in [2.75, 3.05) is 5.88 Å². The van der Waals surface area contributed by atoms with Crippen LogP contribution in [0.5, 0.6) is 0 Å². The first-order chi connectivity index (χ1) is 6.43. The maximum Gasteiger partial charge on any atom is 0.0521 e. The summed E-state index contributed by atoms with van der Waals surface area (Å²) < 4.78 is 1.84. The zero-order chi connectivity index (χ0) is 10.8. The second-order valence-electron chi connectivity index (χ2n) is 4.94. The van der Waals surface area contributed by atoms with E-state index in [0.717, 1.165) is 6.42 Å². The Bertz CT molecular complexity index is 286. The van der Waals surface area contributed by atoms with E-state index in [1.54, 1.807) is 0 Å². The van der Waals surface area contributed by atoms with Gasteiger partial charge >= 0.3 is 0 Å². The average molecular weight is 215 g/mol. The Morgan fingerprint density at radius 3 is 2.50 bits per heavy atom. The Hall–Kier alpha value is -0.500. The van der Waals surface area contributed by atoms with E-state index in [1.165, 1.54) is 5.56 Å². The molecule has 1 heterocycles. The van der Waals surface area contributed by atoms with Crippen LogP contribution in [0.4, 0.5) is 0 Å². The second kappa shape index (κ2) is 4.35. The molecule has 1 atom stereocenters. The molecule has 0 saturated heterocycles. The molecule has 14 heavy (non-hydrogen) atoms. The van der Waals surface area contributed by atoms with Gasteiger partial charge in [0.15, 0.2) is 0 Å². The number of hydrogen-bond acceptors (Lipinski definition) is 1. The summed E-state index contributed by atoms with van der Waals surface area (Å²) in [5.74, 6) is 1.21. The topological polar surface area (TPSA) is 17.8 Å². The number of rotatable bonds is 3. The molecule has 0 spiro atoms. The lowest BCUT2D eigenvalue weighted by Crippen LogP contribution is -2.24. The quantitative estimate of drug-likeness (QED) is 0.708. The first kappa shape index (κ1) is 11.6. The highest BCUT2D eigenvalue weighted by Crippen LogP contribution is 2.29. The van der Waals surface area contributed by atoms with E-state index in [4.69, 9.17) is 11.6 Å². The molecular weight excluding hydrogens is 196 g/mol. The Labute approximate surface area is 91.3 Å². The molecule has 1 rings (SSSR count). The number of alkyl halides is 1. The highest BCUT2D eigenvalue weighted by molar-refractivity contribution is 6.18. The zero-order valence-corrected chi connectivity index (χ0v) is 10.2. The standard InChI is InChI=1S/C11H19ClN2/c1-11(2,3)10(6-12)5-9-7-13-14(4)8-9/h7-8,10H,5-6H2,1-4H3. The average Bonchev–Trinajstić information content (AvgIpc) is 2.45. The lowest BCUT2D eigenvalue weighted by Gasteiger charge is -2.28. The van der Waals surface area contributed by atoms with Crippen LogP contribution in [0.1, 0.15) is 26.3 Å². The van der Waals surface area contributed by atoms with E-state index in [2.05, 4.69) is 32.1 Å². The lowest BCUT2D eigenvalue weighted by molar-refractivity contribution is 0.264. The van der Waals surface area contributed by atoms with Gasteiger partial charge in [-0.2, -0.15) is 5.10 Å². The molecule has 0 amide bonds. The third kappa shape index (κ3) is 3.02. The minimum Gasteiger partial charge on any atom is -0.276 e. The molecule has 0 saturated carbocycles. The van der Waals surface area contributed by atoms with Crippen LogP contribution < -0.4 is 0 Å². The molecule has 0 N–H and O–H groups in total. The van der Waals surface area contributed by atoms with E-state index in [0.29, 0.717) is 11.8 Å². The molecule has 0 fully saturated rings. The molecule has 0 radical (unpaired) electrons. The number of nitrogens with zero attached hydrogens (tertiary/aromatic N) is 2. The normalized spacial score (nSPS) is 14.4. The summed E-state index contributed by atoms with van der Waals surface area (Å²) >= 11 is 5.98. The van der Waals surface area contributed by atoms with Gasteiger partial charge in [0.1, 0.15) is 0 Å². The minimum atomic E-state index is 0.261. The van der Waals surface area contributed by atoms with Crippen molar-refractivity contribution in [3.8, 4) is 0 Å². The largest absolute Gasteiger partial charge is 0.276 e. The fraction of sp³-hybridized carbons (Fsp3) is 0.727. The Balaban J connectivity index is 2.66. The number of aryl methyl sites for hydroxylation is 1. The predicted molar refractivity (Wildman–Crippen MR) is 60.6 cm³/mol. The van der Waals surface area contributed by atoms with Crippen molar-refractivity contribution in [1.82, 2.24) is 9.78 Å². The van der Waals surface area contributed by atoms with Crippen LogP contribution in [-0.2, 0) is 13.5 Å². The van der Waals surface area contributed by atoms with Gasteiger partial charge in [-0.25, -0.2) is 0 Å². The number of hydrogen-bond donors (Lipinski definition) is 0. The Morgan fingerprint density at radius 1 is 1.50 bits per heavy atom. The molecule has 0 aliphatic rings. The number of halogens is 1. The third-order valence-corrected chi connectivity index (χ3v) is 3.02. The van der Waals surface area contributed by atoms with Crippen molar-refractivity contribution in [2.24, 2.45) is 18.4 Å². The van der Waals surface area contributed by atoms with E-state index in [1.807, 2.05) is 17.9 Å². The van der Waals surface area contributed by atoms with Crippen molar-refractivity contribution in [3.63, 3.8) is 0 Å². The predicted octanol–water partition coefficient (Wildman–Crippen LogP) is 2.86. The summed E-state index contributed by atoms with van der Waals surface area (Å²) in [6.45, 7) is 6.70. The van der Waals surface area contributed by atoms with Crippen molar-refractivity contribution in [1.29, 1.82) is 0 Å². The smallest absolute Gasteiger partial charge is 0.0521 e. The van der Waals surface area contributed by atoms with Crippen LogP contribution in [0.15, 0.2) is 12.4 Å². The van der Waals surface area contributed by atoms with Crippen LogP contribution in [0.25, 0.3) is 0 Å². The molecule has 1 aromatic rings. The van der Waals surface area contributed by atoms with Gasteiger partial charge < -0.3 is 0 Å². The highest BCUT2D eigenvalue weighted by atomic mass is 35.5. The SMILES string of the molecule is Cn1cc(CC(CCl)C(C)(C)C)cn1. The summed E-state index contributed by atoms with van der Waals surface area (Å²) in [6, 6.07) is 0. The van der Waals surface area contributed by atoms with Gasteiger partial charge in [0.2, 0.25) is 0 Å². The van der Waals surface area contributed by atoms with Crippen molar-refractivity contribution in [3.05, 3.63) is 18.0 Å². The van der Waals surface area contributed by atoms with Crippen LogP contribution in [0.3, 0.4) is 0 Å². The van der Waals surface area contributed by atoms with Crippen molar-refractivity contribution in [2.45, 2.75) is 27.2 Å². The van der Waals surface area contributed by atoms with Crippen molar-refractivity contribution >= 4 is 11.6 Å². The van der Waals surface area contributed by atoms with E-state index < -0.39 is 0 Å². The fourth-order valence-electron chi connectivity index (χ4n) is 1.45. The van der Waals surface area contributed by atoms with E-state index in [9.17, 15) is 0 Å². The molecular formula is C11H19ClN2. The molecule has 80 valence electrons. The molecule has 1 unspecified atom stereocenters. The van der Waals surface area contributed by atoms with E-state index >= 15 is 0 Å². The summed E-state index contributed by atoms with van der Waals surface area (Å²) in [7, 11) is 1.94. The maximum absolute atomic E-state index is 5.98. The summed E-state index contributed by atoms with van der Waals surface area (Å²) in [6.07, 6.45) is 5.00. The highest BCUT2D eigenvalue weighted by Gasteiger charge is 2.24. The first-order valence-electron chi connectivity index (χ1n) is 4.97. The van der Waals surface area contributed by atoms with Crippen LogP contribution >= 0.6 is 11.6 Å². The fourth-order valence-corrected chi connectivity index (χ4v) is 2.03. The third-order valence-electron chi connectivity index (χ3n) is 2.65. The Morgan fingerprint density at radius 2 is 2.14 bits per heavy atom. The van der Waals surface area contributed by atoms with Crippen LogP contribution in [0, 0.1) is 11.3 Å². The molecule has 0 aromatic carbocycles. The van der Waals surface area contributed by atoms with Gasteiger partial charge in [-0.1, -0.05) is 20.8 Å². The maximum atomic E-state index is 5.98. The summed E-state index contributed by atoms with van der Waals surface area (Å²) in [4.78, 5) is 0. The molecule has 0 aliphatic heterocycles. The van der Waals surface area contributed by atoms with Gasteiger partial charge in [-0.05, 0) is 23.3 Å². The minimum absolute atomic E-state index is 0.261. The Kier molecular flexibility index (Phi) is 3.59. The van der Waals surface area contributed by atoms with Crippen LogP contribution in [0.2, 0.25) is 0 Å². The molecule has 1 aromatic heterocycles. The van der Waals surface area contributed by atoms with E-state index in [-0.39, 0.29) is 5.41 Å². The second-order valence-corrected chi connectivity index (χ2v) is 5.25. The van der Waals surface area contributed by atoms with Gasteiger partial charge in [-0.3, -0.25) is 4.68 Å². The lowest BCUT2D eigenvalue weighted by atomic mass is 9.79. The van der Waals surface area contributed by atoms with Gasteiger partial charge in [0.05, 0.1) is 6.20 Å². The van der Waals surface area contributed by atoms with Gasteiger partial charge in [-0.15, -0.1) is 11.6 Å². The van der Waals surface area contributed by atoms with Gasteiger partial charge in [0, 0.05) is 19.1 Å². The summed E-state index contributed by atoms with van der Waals surface area (Å²) in [5.41, 5.74) is 1.53.